The van der Waals surface area contributed by atoms with Crippen LogP contribution in [0.2, 0.25) is 0 Å². The van der Waals surface area contributed by atoms with Crippen molar-refractivity contribution in [1.29, 1.82) is 0 Å². The highest BCUT2D eigenvalue weighted by Crippen LogP contribution is 2.34. The molecule has 1 aromatic heterocycles. The molecule has 1 saturated carbocycles. The first-order valence-corrected chi connectivity index (χ1v) is 11.4. The van der Waals surface area contributed by atoms with Gasteiger partial charge in [-0.15, -0.1) is 0 Å². The summed E-state index contributed by atoms with van der Waals surface area (Å²) in [4.78, 5) is 19.9. The maximum Gasteiger partial charge on any atom is 0.225 e. The number of anilines is 1. The smallest absolute Gasteiger partial charge is 0.225 e. The second kappa shape index (κ2) is 9.83. The van der Waals surface area contributed by atoms with Gasteiger partial charge in [0.1, 0.15) is 5.82 Å². The number of nitrogens with zero attached hydrogens (tertiary/aromatic N) is 5. The van der Waals surface area contributed by atoms with Crippen LogP contribution in [0.4, 0.5) is 5.82 Å². The Morgan fingerprint density at radius 1 is 1.16 bits per heavy atom. The third kappa shape index (κ3) is 5.10. The first kappa shape index (κ1) is 21.8. The molecule has 4 rings (SSSR count). The molecule has 2 fully saturated rings. The number of carbonyl (C=O) groups excluding carboxylic acids is 1. The molecule has 1 aliphatic carbocycles. The molecule has 1 aliphatic heterocycles. The van der Waals surface area contributed by atoms with Gasteiger partial charge in [0.25, 0.3) is 0 Å². The summed E-state index contributed by atoms with van der Waals surface area (Å²) < 4.78 is 7.32. The highest BCUT2D eigenvalue weighted by atomic mass is 16.5. The second-order valence-electron chi connectivity index (χ2n) is 8.81. The van der Waals surface area contributed by atoms with E-state index in [0.717, 1.165) is 69.2 Å². The van der Waals surface area contributed by atoms with E-state index in [1.54, 1.807) is 7.11 Å². The fraction of sp³-hybridized carbons (Fsp3) is 0.583. The largest absolute Gasteiger partial charge is 0.385 e. The molecular weight excluding hydrogens is 390 g/mol. The van der Waals surface area contributed by atoms with Crippen LogP contribution in [0.25, 0.3) is 5.69 Å². The molecule has 2 aliphatic rings. The van der Waals surface area contributed by atoms with E-state index in [1.165, 1.54) is 5.56 Å². The average molecular weight is 426 g/mol. The van der Waals surface area contributed by atoms with Gasteiger partial charge in [0, 0.05) is 57.9 Å². The van der Waals surface area contributed by atoms with Crippen molar-refractivity contribution >= 4 is 11.7 Å². The molecule has 0 unspecified atom stereocenters. The van der Waals surface area contributed by atoms with E-state index in [4.69, 9.17) is 9.84 Å². The van der Waals surface area contributed by atoms with E-state index in [1.807, 2.05) is 23.1 Å². The lowest BCUT2D eigenvalue weighted by Crippen LogP contribution is -2.45. The number of methoxy groups -OCH3 is 1. The Labute approximate surface area is 185 Å². The van der Waals surface area contributed by atoms with Crippen LogP contribution in [-0.2, 0) is 16.1 Å². The molecule has 0 bridgehead atoms. The van der Waals surface area contributed by atoms with Crippen molar-refractivity contribution in [3.63, 3.8) is 0 Å². The molecule has 0 atom stereocenters. The highest BCUT2D eigenvalue weighted by molar-refractivity contribution is 5.81. The molecular formula is C24H35N5O2. The Morgan fingerprint density at radius 3 is 2.52 bits per heavy atom. The van der Waals surface area contributed by atoms with E-state index < -0.39 is 0 Å². The lowest BCUT2D eigenvalue weighted by Gasteiger charge is -2.35. The van der Waals surface area contributed by atoms with Crippen LogP contribution in [0.5, 0.6) is 0 Å². The topological polar surface area (TPSA) is 53.8 Å². The van der Waals surface area contributed by atoms with Crippen LogP contribution in [-0.4, -0.2) is 79.0 Å². The minimum Gasteiger partial charge on any atom is -0.385 e. The van der Waals surface area contributed by atoms with Crippen LogP contribution < -0.4 is 4.90 Å². The number of hydrogen-bond donors (Lipinski definition) is 0. The van der Waals surface area contributed by atoms with Gasteiger partial charge in [-0.1, -0.05) is 18.2 Å². The lowest BCUT2D eigenvalue weighted by atomic mass is 10.1. The summed E-state index contributed by atoms with van der Waals surface area (Å²) in [6, 6.07) is 10.3. The van der Waals surface area contributed by atoms with Crippen molar-refractivity contribution in [2.75, 3.05) is 58.4 Å². The molecule has 2 aromatic rings. The van der Waals surface area contributed by atoms with Gasteiger partial charge in [-0.2, -0.15) is 5.10 Å². The molecule has 31 heavy (non-hydrogen) atoms. The fourth-order valence-electron chi connectivity index (χ4n) is 4.27. The minimum absolute atomic E-state index is 0.208. The van der Waals surface area contributed by atoms with E-state index in [9.17, 15) is 4.79 Å². The van der Waals surface area contributed by atoms with E-state index >= 15 is 0 Å². The van der Waals surface area contributed by atoms with Crippen LogP contribution in [0.1, 0.15) is 30.5 Å². The van der Waals surface area contributed by atoms with E-state index in [0.29, 0.717) is 13.2 Å². The van der Waals surface area contributed by atoms with E-state index in [2.05, 4.69) is 40.6 Å². The van der Waals surface area contributed by atoms with Crippen molar-refractivity contribution < 1.29 is 9.53 Å². The number of carbonyl (C=O) groups is 1. The summed E-state index contributed by atoms with van der Waals surface area (Å²) in [5, 5.41) is 4.94. The SMILES string of the molecule is COCCCN(Cc1c(C)nn(-c2ccccc2)c1N1CCN(C)CC1)C(=O)C1CC1. The molecule has 2 heterocycles. The van der Waals surface area contributed by atoms with Gasteiger partial charge in [0.15, 0.2) is 0 Å². The molecule has 1 saturated heterocycles. The lowest BCUT2D eigenvalue weighted by molar-refractivity contribution is -0.133. The van der Waals surface area contributed by atoms with Crippen molar-refractivity contribution in [2.45, 2.75) is 32.7 Å². The Morgan fingerprint density at radius 2 is 1.87 bits per heavy atom. The number of amides is 1. The van der Waals surface area contributed by atoms with Gasteiger partial charge in [-0.25, -0.2) is 4.68 Å². The third-order valence-corrected chi connectivity index (χ3v) is 6.32. The van der Waals surface area contributed by atoms with Crippen molar-refractivity contribution in [3.8, 4) is 5.69 Å². The van der Waals surface area contributed by atoms with Gasteiger partial charge in [-0.05, 0) is 45.4 Å². The molecule has 168 valence electrons. The molecule has 0 N–H and O–H groups in total. The number of hydrogen-bond acceptors (Lipinski definition) is 5. The number of aryl methyl sites for hydroxylation is 1. The standard InChI is InChI=1S/C24H35N5O2/c1-19-22(18-28(12-7-17-31-3)24(30)20-10-11-20)23(27-15-13-26(2)14-16-27)29(25-19)21-8-5-4-6-9-21/h4-6,8-9,20H,7,10-18H2,1-3H3. The first-order valence-electron chi connectivity index (χ1n) is 11.4. The predicted octanol–water partition coefficient (Wildman–Crippen LogP) is 2.71. The Kier molecular flexibility index (Phi) is 6.92. The number of aromatic nitrogens is 2. The monoisotopic (exact) mass is 425 g/mol. The number of rotatable bonds is 9. The Bertz CT molecular complexity index is 870. The molecule has 7 heteroatoms. The van der Waals surface area contributed by atoms with Crippen molar-refractivity contribution in [2.24, 2.45) is 5.92 Å². The number of para-hydroxylation sites is 1. The number of likely N-dealkylation sites (N-methyl/N-ethyl adjacent to an activating group) is 1. The zero-order chi connectivity index (χ0) is 21.8. The van der Waals surface area contributed by atoms with Crippen LogP contribution in [0.3, 0.4) is 0 Å². The predicted molar refractivity (Wildman–Crippen MR) is 123 cm³/mol. The summed E-state index contributed by atoms with van der Waals surface area (Å²) in [5.41, 5.74) is 3.23. The number of piperazine rings is 1. The Balaban J connectivity index is 1.68. The average Bonchev–Trinajstić information content (AvgIpc) is 3.58. The maximum absolute atomic E-state index is 13.1. The minimum atomic E-state index is 0.208. The summed E-state index contributed by atoms with van der Waals surface area (Å²) in [6.45, 7) is 8.05. The Hall–Kier alpha value is -2.38. The van der Waals surface area contributed by atoms with Crippen molar-refractivity contribution in [1.82, 2.24) is 19.6 Å². The first-order chi connectivity index (χ1) is 15.1. The van der Waals surface area contributed by atoms with Gasteiger partial charge in [0.05, 0.1) is 17.9 Å². The summed E-state index contributed by atoms with van der Waals surface area (Å²) in [6.07, 6.45) is 2.89. The highest BCUT2D eigenvalue weighted by Gasteiger charge is 2.34. The quantitative estimate of drug-likeness (QED) is 0.578. The third-order valence-electron chi connectivity index (χ3n) is 6.32. The summed E-state index contributed by atoms with van der Waals surface area (Å²) >= 11 is 0. The van der Waals surface area contributed by atoms with Crippen molar-refractivity contribution in [3.05, 3.63) is 41.6 Å². The zero-order valence-electron chi connectivity index (χ0n) is 19.1. The number of ether oxygens (including phenoxy) is 1. The van der Waals surface area contributed by atoms with Gasteiger partial charge in [0.2, 0.25) is 5.91 Å². The van der Waals surface area contributed by atoms with E-state index in [-0.39, 0.29) is 11.8 Å². The molecule has 0 radical (unpaired) electrons. The van der Waals surface area contributed by atoms with Gasteiger partial charge >= 0.3 is 0 Å². The van der Waals surface area contributed by atoms with Gasteiger partial charge < -0.3 is 19.4 Å². The second-order valence-corrected chi connectivity index (χ2v) is 8.81. The zero-order valence-corrected chi connectivity index (χ0v) is 19.1. The van der Waals surface area contributed by atoms with Crippen LogP contribution in [0, 0.1) is 12.8 Å². The molecule has 7 nitrogen and oxygen atoms in total. The van der Waals surface area contributed by atoms with Crippen LogP contribution >= 0.6 is 0 Å². The van der Waals surface area contributed by atoms with Gasteiger partial charge in [-0.3, -0.25) is 4.79 Å². The van der Waals surface area contributed by atoms with Crippen LogP contribution in [0.15, 0.2) is 30.3 Å². The molecule has 0 spiro atoms. The normalized spacial score (nSPS) is 17.2. The maximum atomic E-state index is 13.1. The molecule has 1 amide bonds. The molecule has 1 aromatic carbocycles. The number of benzene rings is 1. The summed E-state index contributed by atoms with van der Waals surface area (Å²) in [5.74, 6) is 1.63. The summed E-state index contributed by atoms with van der Waals surface area (Å²) in [7, 11) is 3.89. The fourth-order valence-corrected chi connectivity index (χ4v) is 4.27.